The van der Waals surface area contributed by atoms with Crippen LogP contribution in [-0.4, -0.2) is 32.4 Å². The first-order valence-electron chi connectivity index (χ1n) is 5.93. The summed E-state index contributed by atoms with van der Waals surface area (Å²) in [6.45, 7) is 2.57. The maximum atomic E-state index is 11.9. The third-order valence-electron chi connectivity index (χ3n) is 2.28. The van der Waals surface area contributed by atoms with Gasteiger partial charge in [0.1, 0.15) is 5.82 Å². The van der Waals surface area contributed by atoms with Crippen LogP contribution in [0.1, 0.15) is 19.8 Å². The summed E-state index contributed by atoms with van der Waals surface area (Å²) in [7, 11) is -3.65. The number of nitrogens with one attached hydrogen (secondary N) is 2. The van der Waals surface area contributed by atoms with Crippen molar-refractivity contribution in [3.8, 4) is 0 Å². The van der Waals surface area contributed by atoms with Gasteiger partial charge in [-0.25, -0.2) is 18.1 Å². The molecule has 1 aromatic rings. The third-order valence-corrected chi connectivity index (χ3v) is 3.74. The van der Waals surface area contributed by atoms with Crippen LogP contribution in [0.15, 0.2) is 23.2 Å². The van der Waals surface area contributed by atoms with Crippen molar-refractivity contribution < 1.29 is 13.2 Å². The molecule has 0 spiro atoms. The highest BCUT2D eigenvalue weighted by Crippen LogP contribution is 2.09. The Hall–Kier alpha value is -1.67. The number of rotatable bonds is 7. The van der Waals surface area contributed by atoms with E-state index < -0.39 is 10.0 Å². The number of amides is 1. The van der Waals surface area contributed by atoms with Gasteiger partial charge in [0.05, 0.1) is 4.90 Å². The molecule has 1 amide bonds. The minimum absolute atomic E-state index is 0.0361. The smallest absolute Gasteiger partial charge is 0.240 e. The van der Waals surface area contributed by atoms with Gasteiger partial charge in [0, 0.05) is 31.8 Å². The number of carbonyl (C=O) groups excluding carboxylic acids is 1. The van der Waals surface area contributed by atoms with Gasteiger partial charge in [0.2, 0.25) is 15.9 Å². The monoisotopic (exact) mass is 286 g/mol. The number of aromatic nitrogens is 1. The summed E-state index contributed by atoms with van der Waals surface area (Å²) in [5.41, 5.74) is 5.42. The number of nitrogens with zero attached hydrogens (tertiary/aromatic N) is 1. The van der Waals surface area contributed by atoms with Crippen molar-refractivity contribution in [2.75, 3.05) is 18.8 Å². The fourth-order valence-electron chi connectivity index (χ4n) is 1.33. The lowest BCUT2D eigenvalue weighted by atomic mass is 10.4. The van der Waals surface area contributed by atoms with Gasteiger partial charge < -0.3 is 11.1 Å². The van der Waals surface area contributed by atoms with Gasteiger partial charge in [-0.1, -0.05) is 6.92 Å². The Morgan fingerprint density at radius 2 is 2.16 bits per heavy atom. The van der Waals surface area contributed by atoms with Crippen molar-refractivity contribution >= 4 is 21.7 Å². The Morgan fingerprint density at radius 3 is 2.79 bits per heavy atom. The number of sulfonamides is 1. The molecule has 7 nitrogen and oxygen atoms in total. The zero-order valence-electron chi connectivity index (χ0n) is 10.7. The standard InChI is InChI=1S/C11H18N4O3S/c1-2-5-14-11(16)4-7-15-19(17,18)9-3-6-13-10(12)8-9/h3,6,8,15H,2,4-5,7H2,1H3,(H2,12,13)(H,14,16). The lowest BCUT2D eigenvalue weighted by Crippen LogP contribution is -2.31. The molecular formula is C11H18N4O3S. The molecule has 0 fully saturated rings. The van der Waals surface area contributed by atoms with Crippen molar-refractivity contribution in [1.82, 2.24) is 15.0 Å². The SMILES string of the molecule is CCCNC(=O)CCNS(=O)(=O)c1ccnc(N)c1. The van der Waals surface area contributed by atoms with Crippen LogP contribution < -0.4 is 15.8 Å². The zero-order chi connectivity index (χ0) is 14.3. The summed E-state index contributed by atoms with van der Waals surface area (Å²) in [4.78, 5) is 15.1. The van der Waals surface area contributed by atoms with Crippen molar-refractivity contribution in [2.45, 2.75) is 24.7 Å². The fourth-order valence-corrected chi connectivity index (χ4v) is 2.38. The van der Waals surface area contributed by atoms with Crippen molar-refractivity contribution in [3.05, 3.63) is 18.3 Å². The van der Waals surface area contributed by atoms with Crippen molar-refractivity contribution in [2.24, 2.45) is 0 Å². The van der Waals surface area contributed by atoms with Crippen LogP contribution in [0.5, 0.6) is 0 Å². The quantitative estimate of drug-likeness (QED) is 0.645. The first-order chi connectivity index (χ1) is 8.95. The molecule has 1 rings (SSSR count). The summed E-state index contributed by atoms with van der Waals surface area (Å²) in [5.74, 6) is -0.0534. The summed E-state index contributed by atoms with van der Waals surface area (Å²) in [6.07, 6.45) is 2.26. The third kappa shape index (κ3) is 5.23. The van der Waals surface area contributed by atoms with Gasteiger partial charge in [0.15, 0.2) is 0 Å². The molecule has 8 heteroatoms. The van der Waals surface area contributed by atoms with E-state index in [2.05, 4.69) is 15.0 Å². The van der Waals surface area contributed by atoms with E-state index in [1.807, 2.05) is 6.92 Å². The fraction of sp³-hybridized carbons (Fsp3) is 0.455. The van der Waals surface area contributed by atoms with Gasteiger partial charge in [-0.2, -0.15) is 0 Å². The Balaban J connectivity index is 2.50. The van der Waals surface area contributed by atoms with E-state index in [0.717, 1.165) is 6.42 Å². The highest BCUT2D eigenvalue weighted by atomic mass is 32.2. The second kappa shape index (κ2) is 7.05. The lowest BCUT2D eigenvalue weighted by Gasteiger charge is -2.07. The minimum atomic E-state index is -3.65. The summed E-state index contributed by atoms with van der Waals surface area (Å²) in [6, 6.07) is 2.61. The largest absolute Gasteiger partial charge is 0.384 e. The van der Waals surface area contributed by atoms with Crippen LogP contribution in [0, 0.1) is 0 Å². The van der Waals surface area contributed by atoms with Crippen LogP contribution in [0.4, 0.5) is 5.82 Å². The molecule has 0 bridgehead atoms. The van der Waals surface area contributed by atoms with Crippen LogP contribution in [0.25, 0.3) is 0 Å². The number of nitrogen functional groups attached to an aromatic ring is 1. The molecule has 0 aliphatic heterocycles. The number of nitrogens with two attached hydrogens (primary N) is 1. The first-order valence-corrected chi connectivity index (χ1v) is 7.42. The topological polar surface area (TPSA) is 114 Å². The molecule has 0 aromatic carbocycles. The summed E-state index contributed by atoms with van der Waals surface area (Å²) >= 11 is 0. The predicted molar refractivity (Wildman–Crippen MR) is 71.8 cm³/mol. The number of hydrogen-bond donors (Lipinski definition) is 3. The van der Waals surface area contributed by atoms with Crippen LogP contribution in [-0.2, 0) is 14.8 Å². The first kappa shape index (κ1) is 15.4. The van der Waals surface area contributed by atoms with Gasteiger partial charge in [0.25, 0.3) is 0 Å². The minimum Gasteiger partial charge on any atom is -0.384 e. The Kier molecular flexibility index (Phi) is 5.71. The average molecular weight is 286 g/mol. The molecule has 0 unspecified atom stereocenters. The normalized spacial score (nSPS) is 11.2. The summed E-state index contributed by atoms with van der Waals surface area (Å²) in [5, 5.41) is 2.66. The molecule has 0 saturated heterocycles. The van der Waals surface area contributed by atoms with E-state index in [-0.39, 0.29) is 29.6 Å². The highest BCUT2D eigenvalue weighted by molar-refractivity contribution is 7.89. The average Bonchev–Trinajstić information content (AvgIpc) is 2.36. The summed E-state index contributed by atoms with van der Waals surface area (Å²) < 4.78 is 26.0. The molecule has 0 saturated carbocycles. The second-order valence-corrected chi connectivity index (χ2v) is 5.68. The maximum Gasteiger partial charge on any atom is 0.240 e. The number of hydrogen-bond acceptors (Lipinski definition) is 5. The molecule has 0 aliphatic rings. The Labute approximate surface area is 112 Å². The molecule has 1 aromatic heterocycles. The van der Waals surface area contributed by atoms with E-state index in [9.17, 15) is 13.2 Å². The number of carbonyl (C=O) groups is 1. The van der Waals surface area contributed by atoms with E-state index >= 15 is 0 Å². The van der Waals surface area contributed by atoms with E-state index in [4.69, 9.17) is 5.73 Å². The molecule has 4 N–H and O–H groups in total. The molecule has 0 atom stereocenters. The predicted octanol–water partition coefficient (Wildman–Crippen LogP) is -0.142. The maximum absolute atomic E-state index is 11.9. The number of pyridine rings is 1. The molecule has 0 radical (unpaired) electrons. The van der Waals surface area contributed by atoms with E-state index in [1.54, 1.807) is 0 Å². The van der Waals surface area contributed by atoms with Crippen molar-refractivity contribution in [3.63, 3.8) is 0 Å². The zero-order valence-corrected chi connectivity index (χ0v) is 11.5. The van der Waals surface area contributed by atoms with Gasteiger partial charge in [-0.3, -0.25) is 4.79 Å². The van der Waals surface area contributed by atoms with Crippen LogP contribution >= 0.6 is 0 Å². The number of anilines is 1. The molecule has 19 heavy (non-hydrogen) atoms. The van der Waals surface area contributed by atoms with Crippen LogP contribution in [0.2, 0.25) is 0 Å². The molecule has 0 aliphatic carbocycles. The van der Waals surface area contributed by atoms with Crippen LogP contribution in [0.3, 0.4) is 0 Å². The lowest BCUT2D eigenvalue weighted by molar-refractivity contribution is -0.120. The van der Waals surface area contributed by atoms with Gasteiger partial charge in [-0.05, 0) is 12.5 Å². The van der Waals surface area contributed by atoms with Gasteiger partial charge in [-0.15, -0.1) is 0 Å². The highest BCUT2D eigenvalue weighted by Gasteiger charge is 2.14. The molecule has 1 heterocycles. The Morgan fingerprint density at radius 1 is 1.42 bits per heavy atom. The second-order valence-electron chi connectivity index (χ2n) is 3.91. The van der Waals surface area contributed by atoms with Crippen molar-refractivity contribution in [1.29, 1.82) is 0 Å². The molecular weight excluding hydrogens is 268 g/mol. The van der Waals surface area contributed by atoms with E-state index in [1.165, 1.54) is 18.3 Å². The molecule has 106 valence electrons. The Bertz CT molecular complexity index is 530. The van der Waals surface area contributed by atoms with Gasteiger partial charge >= 0.3 is 0 Å². The van der Waals surface area contributed by atoms with E-state index in [0.29, 0.717) is 6.54 Å².